The standard InChI is InChI=1S/C7H8F3N/c8-7(9,10)3-6-11-4-1-2-5-11/h1-2,4-5H,3,6H2. The highest BCUT2D eigenvalue weighted by Crippen LogP contribution is 2.19. The van der Waals surface area contributed by atoms with Crippen LogP contribution in [0.5, 0.6) is 0 Å². The molecule has 0 N–H and O–H groups in total. The highest BCUT2D eigenvalue weighted by molar-refractivity contribution is 4.90. The lowest BCUT2D eigenvalue weighted by molar-refractivity contribution is -0.136. The van der Waals surface area contributed by atoms with Crippen molar-refractivity contribution in [1.29, 1.82) is 0 Å². The van der Waals surface area contributed by atoms with Crippen LogP contribution in [0.2, 0.25) is 0 Å². The molecule has 0 atom stereocenters. The van der Waals surface area contributed by atoms with Crippen molar-refractivity contribution in [1.82, 2.24) is 4.57 Å². The lowest BCUT2D eigenvalue weighted by Crippen LogP contribution is -2.11. The molecule has 1 rings (SSSR count). The first-order valence-electron chi connectivity index (χ1n) is 3.25. The summed E-state index contributed by atoms with van der Waals surface area (Å²) in [5.74, 6) is 0. The first-order chi connectivity index (χ1) is 5.08. The Morgan fingerprint density at radius 3 is 2.09 bits per heavy atom. The van der Waals surface area contributed by atoms with Crippen LogP contribution in [-0.2, 0) is 6.54 Å². The molecule has 4 heteroatoms. The number of aromatic nitrogens is 1. The number of nitrogens with zero attached hydrogens (tertiary/aromatic N) is 1. The minimum absolute atomic E-state index is 0.0104. The number of hydrogen-bond acceptors (Lipinski definition) is 0. The molecule has 0 aliphatic carbocycles. The lowest BCUT2D eigenvalue weighted by Gasteiger charge is -2.05. The van der Waals surface area contributed by atoms with Crippen LogP contribution in [0.25, 0.3) is 0 Å². The third-order valence-electron chi connectivity index (χ3n) is 1.32. The number of alkyl halides is 3. The van der Waals surface area contributed by atoms with Crippen LogP contribution in [0, 0.1) is 0 Å². The molecule has 0 aliphatic rings. The van der Waals surface area contributed by atoms with Crippen molar-refractivity contribution in [2.45, 2.75) is 19.1 Å². The molecule has 0 radical (unpaired) electrons. The zero-order chi connectivity index (χ0) is 8.32. The topological polar surface area (TPSA) is 4.93 Å². The second-order valence-corrected chi connectivity index (χ2v) is 2.29. The van der Waals surface area contributed by atoms with E-state index in [0.29, 0.717) is 0 Å². The van der Waals surface area contributed by atoms with Crippen molar-refractivity contribution < 1.29 is 13.2 Å². The Hall–Kier alpha value is -0.930. The third-order valence-corrected chi connectivity index (χ3v) is 1.32. The second kappa shape index (κ2) is 2.98. The van der Waals surface area contributed by atoms with Gasteiger partial charge in [0.2, 0.25) is 0 Å². The zero-order valence-electron chi connectivity index (χ0n) is 5.80. The Bertz CT molecular complexity index is 200. The molecule has 0 amide bonds. The van der Waals surface area contributed by atoms with E-state index in [1.54, 1.807) is 24.5 Å². The normalized spacial score (nSPS) is 11.9. The van der Waals surface area contributed by atoms with Gasteiger partial charge in [0.1, 0.15) is 0 Å². The number of halogens is 3. The van der Waals surface area contributed by atoms with Gasteiger partial charge >= 0.3 is 6.18 Å². The van der Waals surface area contributed by atoms with Gasteiger partial charge in [-0.1, -0.05) is 0 Å². The van der Waals surface area contributed by atoms with E-state index in [1.807, 2.05) is 0 Å². The molecule has 0 aliphatic heterocycles. The third kappa shape index (κ3) is 3.11. The van der Waals surface area contributed by atoms with Crippen molar-refractivity contribution in [3.63, 3.8) is 0 Å². The Morgan fingerprint density at radius 1 is 1.09 bits per heavy atom. The maximum absolute atomic E-state index is 11.6. The summed E-state index contributed by atoms with van der Waals surface area (Å²) in [4.78, 5) is 0. The Balaban J connectivity index is 2.35. The van der Waals surface area contributed by atoms with Crippen LogP contribution < -0.4 is 0 Å². The van der Waals surface area contributed by atoms with Gasteiger partial charge in [0.05, 0.1) is 6.42 Å². The van der Waals surface area contributed by atoms with Crippen molar-refractivity contribution >= 4 is 0 Å². The minimum atomic E-state index is -4.05. The molecule has 1 nitrogen and oxygen atoms in total. The minimum Gasteiger partial charge on any atom is -0.354 e. The fourth-order valence-corrected chi connectivity index (χ4v) is 0.775. The average Bonchev–Trinajstić information content (AvgIpc) is 2.32. The molecule has 0 saturated carbocycles. The molecular weight excluding hydrogens is 155 g/mol. The fraction of sp³-hybridized carbons (Fsp3) is 0.429. The Labute approximate surface area is 62.4 Å². The summed E-state index contributed by atoms with van der Waals surface area (Å²) in [5, 5.41) is 0. The van der Waals surface area contributed by atoms with Gasteiger partial charge in [0.25, 0.3) is 0 Å². The first-order valence-corrected chi connectivity index (χ1v) is 3.25. The molecule has 0 spiro atoms. The Kier molecular flexibility index (Phi) is 2.22. The van der Waals surface area contributed by atoms with Crippen LogP contribution in [0.4, 0.5) is 13.2 Å². The summed E-state index contributed by atoms with van der Waals surface area (Å²) < 4.78 is 36.4. The van der Waals surface area contributed by atoms with Gasteiger partial charge < -0.3 is 4.57 Å². The van der Waals surface area contributed by atoms with E-state index < -0.39 is 12.6 Å². The number of aryl methyl sites for hydroxylation is 1. The molecule has 0 fully saturated rings. The smallest absolute Gasteiger partial charge is 0.354 e. The molecule has 1 aromatic rings. The summed E-state index contributed by atoms with van der Waals surface area (Å²) in [6.45, 7) is 0.0104. The summed E-state index contributed by atoms with van der Waals surface area (Å²) in [6.07, 6.45) is -1.58. The molecule has 11 heavy (non-hydrogen) atoms. The van der Waals surface area contributed by atoms with E-state index in [4.69, 9.17) is 0 Å². The largest absolute Gasteiger partial charge is 0.390 e. The fourth-order valence-electron chi connectivity index (χ4n) is 0.775. The van der Waals surface area contributed by atoms with E-state index in [-0.39, 0.29) is 6.54 Å². The van der Waals surface area contributed by atoms with E-state index in [0.717, 1.165) is 0 Å². The van der Waals surface area contributed by atoms with Gasteiger partial charge in [-0.2, -0.15) is 13.2 Å². The summed E-state index contributed by atoms with van der Waals surface area (Å²) in [7, 11) is 0. The van der Waals surface area contributed by atoms with Gasteiger partial charge in [-0.05, 0) is 12.1 Å². The van der Waals surface area contributed by atoms with E-state index >= 15 is 0 Å². The van der Waals surface area contributed by atoms with Gasteiger partial charge in [-0.25, -0.2) is 0 Å². The monoisotopic (exact) mass is 163 g/mol. The van der Waals surface area contributed by atoms with Crippen LogP contribution in [0.15, 0.2) is 24.5 Å². The number of hydrogen-bond donors (Lipinski definition) is 0. The van der Waals surface area contributed by atoms with Crippen LogP contribution >= 0.6 is 0 Å². The first kappa shape index (κ1) is 8.17. The highest BCUT2D eigenvalue weighted by atomic mass is 19.4. The van der Waals surface area contributed by atoms with Gasteiger partial charge in [0, 0.05) is 18.9 Å². The summed E-state index contributed by atoms with van der Waals surface area (Å²) in [6, 6.07) is 3.41. The van der Waals surface area contributed by atoms with Crippen molar-refractivity contribution in [2.75, 3.05) is 0 Å². The highest BCUT2D eigenvalue weighted by Gasteiger charge is 2.26. The maximum Gasteiger partial charge on any atom is 0.390 e. The molecule has 1 heterocycles. The molecule has 1 aromatic heterocycles. The van der Waals surface area contributed by atoms with Crippen LogP contribution in [0.1, 0.15) is 6.42 Å². The lowest BCUT2D eigenvalue weighted by atomic mass is 10.4. The van der Waals surface area contributed by atoms with Crippen molar-refractivity contribution in [3.8, 4) is 0 Å². The van der Waals surface area contributed by atoms with E-state index in [2.05, 4.69) is 0 Å². The SMILES string of the molecule is FC(F)(F)CCn1cccc1. The van der Waals surface area contributed by atoms with E-state index in [9.17, 15) is 13.2 Å². The average molecular weight is 163 g/mol. The predicted octanol–water partition coefficient (Wildman–Crippen LogP) is 2.44. The quantitative estimate of drug-likeness (QED) is 0.631. The van der Waals surface area contributed by atoms with Crippen molar-refractivity contribution in [2.24, 2.45) is 0 Å². The number of rotatable bonds is 2. The maximum atomic E-state index is 11.6. The van der Waals surface area contributed by atoms with E-state index in [1.165, 1.54) is 4.57 Å². The Morgan fingerprint density at radius 2 is 1.64 bits per heavy atom. The molecule has 0 unspecified atom stereocenters. The van der Waals surface area contributed by atoms with Crippen LogP contribution in [0.3, 0.4) is 0 Å². The zero-order valence-corrected chi connectivity index (χ0v) is 5.80. The van der Waals surface area contributed by atoms with Crippen LogP contribution in [-0.4, -0.2) is 10.7 Å². The predicted molar refractivity (Wildman–Crippen MR) is 35.1 cm³/mol. The van der Waals surface area contributed by atoms with Gasteiger partial charge in [-0.3, -0.25) is 0 Å². The van der Waals surface area contributed by atoms with Gasteiger partial charge in [0.15, 0.2) is 0 Å². The molecule has 0 bridgehead atoms. The molecule has 0 saturated heterocycles. The second-order valence-electron chi connectivity index (χ2n) is 2.29. The summed E-state index contributed by atoms with van der Waals surface area (Å²) >= 11 is 0. The molecule has 62 valence electrons. The summed E-state index contributed by atoms with van der Waals surface area (Å²) in [5.41, 5.74) is 0. The molecule has 0 aromatic carbocycles. The van der Waals surface area contributed by atoms with Gasteiger partial charge in [-0.15, -0.1) is 0 Å². The van der Waals surface area contributed by atoms with Crippen molar-refractivity contribution in [3.05, 3.63) is 24.5 Å². The molecular formula is C7H8F3N.